The Hall–Kier alpha value is -5.44. The number of rotatable bonds is 14. The van der Waals surface area contributed by atoms with Crippen molar-refractivity contribution in [3.8, 4) is 0 Å². The molecule has 0 saturated carbocycles. The van der Waals surface area contributed by atoms with E-state index in [2.05, 4.69) is 5.32 Å². The van der Waals surface area contributed by atoms with Gasteiger partial charge < -0.3 is 25.5 Å². The van der Waals surface area contributed by atoms with Gasteiger partial charge in [0.25, 0.3) is 5.91 Å². The van der Waals surface area contributed by atoms with E-state index < -0.39 is 35.9 Å². The first kappa shape index (κ1) is 31.0. The first-order valence-electron chi connectivity index (χ1n) is 14.9. The molecule has 0 saturated heterocycles. The highest BCUT2D eigenvalue weighted by Crippen LogP contribution is 2.24. The van der Waals surface area contributed by atoms with Gasteiger partial charge in [-0.1, -0.05) is 91.0 Å². The maximum Gasteiger partial charge on any atom is 0.328 e. The molecule has 0 unspecified atom stereocenters. The van der Waals surface area contributed by atoms with Gasteiger partial charge >= 0.3 is 11.9 Å². The van der Waals surface area contributed by atoms with Gasteiger partial charge in [0.1, 0.15) is 12.1 Å². The van der Waals surface area contributed by atoms with Crippen molar-refractivity contribution in [3.05, 3.63) is 120 Å². The van der Waals surface area contributed by atoms with Gasteiger partial charge in [0.15, 0.2) is 0 Å². The van der Waals surface area contributed by atoms with Crippen molar-refractivity contribution in [2.45, 2.75) is 50.8 Å². The number of nitrogens with one attached hydrogen (secondary N) is 1. The van der Waals surface area contributed by atoms with E-state index in [1.807, 2.05) is 102 Å². The monoisotopic (exact) mass is 605 g/mol. The van der Waals surface area contributed by atoms with Crippen LogP contribution in [-0.4, -0.2) is 45.6 Å². The second-order valence-electron chi connectivity index (χ2n) is 11.1. The summed E-state index contributed by atoms with van der Waals surface area (Å²) in [6.07, 6.45) is 0.904. The summed E-state index contributed by atoms with van der Waals surface area (Å²) in [7, 11) is 0. The first-order valence-corrected chi connectivity index (χ1v) is 14.9. The average molecular weight is 606 g/mol. The van der Waals surface area contributed by atoms with E-state index in [0.717, 1.165) is 27.4 Å². The standard InChI is InChI=1S/C36H35N3O6/c37-33(40)21-28(20-25-17-18-26-11-4-5-12-27(26)19-25)45-36(44)31(14-8-16-34(41)42)38-35(43)30-23-39(22-24-9-2-1-3-10-24)32-15-7-6-13-29(30)32/h1-7,9-13,15,17-19,23,28,31H,8,14,16,20-22H2,(H2,37,40)(H,38,43)(H,41,42)/t28-,31-/m0/s1. The summed E-state index contributed by atoms with van der Waals surface area (Å²) in [5, 5.41) is 14.8. The van der Waals surface area contributed by atoms with E-state index in [0.29, 0.717) is 17.5 Å². The number of nitrogens with two attached hydrogens (primary N) is 1. The Labute approximate surface area is 260 Å². The van der Waals surface area contributed by atoms with E-state index in [4.69, 9.17) is 10.5 Å². The summed E-state index contributed by atoms with van der Waals surface area (Å²) >= 11 is 0. The van der Waals surface area contributed by atoms with Gasteiger partial charge in [-0.3, -0.25) is 14.4 Å². The van der Waals surface area contributed by atoms with Crippen molar-refractivity contribution < 1.29 is 29.0 Å². The normalized spacial score (nSPS) is 12.4. The fraction of sp³-hybridized carbons (Fsp3) is 0.222. The Kier molecular flexibility index (Phi) is 9.89. The first-order chi connectivity index (χ1) is 21.8. The molecule has 0 spiro atoms. The van der Waals surface area contributed by atoms with Crippen molar-refractivity contribution in [1.29, 1.82) is 0 Å². The van der Waals surface area contributed by atoms with Gasteiger partial charge in [0.2, 0.25) is 5.91 Å². The number of hydrogen-bond donors (Lipinski definition) is 3. The number of esters is 1. The molecule has 1 aromatic heterocycles. The zero-order chi connectivity index (χ0) is 31.8. The van der Waals surface area contributed by atoms with Crippen LogP contribution in [0.5, 0.6) is 0 Å². The van der Waals surface area contributed by atoms with Crippen LogP contribution < -0.4 is 11.1 Å². The van der Waals surface area contributed by atoms with Crippen molar-refractivity contribution >= 4 is 45.4 Å². The predicted molar refractivity (Wildman–Crippen MR) is 172 cm³/mol. The van der Waals surface area contributed by atoms with Crippen molar-refractivity contribution in [2.24, 2.45) is 5.73 Å². The molecule has 5 rings (SSSR count). The summed E-state index contributed by atoms with van der Waals surface area (Å²) in [5.74, 6) is -2.89. The summed E-state index contributed by atoms with van der Waals surface area (Å²) in [5.41, 5.74) is 8.65. The smallest absolute Gasteiger partial charge is 0.328 e. The third-order valence-electron chi connectivity index (χ3n) is 7.69. The van der Waals surface area contributed by atoms with Gasteiger partial charge in [-0.15, -0.1) is 0 Å². The summed E-state index contributed by atoms with van der Waals surface area (Å²) in [6.45, 7) is 0.544. The second-order valence-corrected chi connectivity index (χ2v) is 11.1. The van der Waals surface area contributed by atoms with Gasteiger partial charge in [-0.25, -0.2) is 4.79 Å². The lowest BCUT2D eigenvalue weighted by Gasteiger charge is -2.22. The van der Waals surface area contributed by atoms with E-state index in [-0.39, 0.29) is 32.1 Å². The number of hydrogen-bond acceptors (Lipinski definition) is 5. The third-order valence-corrected chi connectivity index (χ3v) is 7.69. The molecule has 9 nitrogen and oxygen atoms in total. The van der Waals surface area contributed by atoms with Crippen LogP contribution >= 0.6 is 0 Å². The number of aliphatic carboxylic acids is 1. The fourth-order valence-corrected chi connectivity index (χ4v) is 5.54. The molecule has 2 amide bonds. The van der Waals surface area contributed by atoms with Crippen LogP contribution in [0.2, 0.25) is 0 Å². The number of carboxylic acid groups (broad SMARTS) is 1. The average Bonchev–Trinajstić information content (AvgIpc) is 3.38. The number of primary amides is 1. The number of ether oxygens (including phenoxy) is 1. The number of fused-ring (bicyclic) bond motifs is 2. The van der Waals surface area contributed by atoms with Crippen LogP contribution in [0.25, 0.3) is 21.7 Å². The zero-order valence-electron chi connectivity index (χ0n) is 24.7. The second kappa shape index (κ2) is 14.4. The molecule has 0 radical (unpaired) electrons. The number of carboxylic acids is 1. The van der Waals surface area contributed by atoms with E-state index in [1.165, 1.54) is 0 Å². The van der Waals surface area contributed by atoms with Crippen LogP contribution in [0.15, 0.2) is 103 Å². The minimum Gasteiger partial charge on any atom is -0.481 e. The van der Waals surface area contributed by atoms with E-state index in [9.17, 15) is 24.3 Å². The molecule has 0 aliphatic rings. The number of para-hydroxylation sites is 1. The lowest BCUT2D eigenvalue weighted by Crippen LogP contribution is -2.43. The topological polar surface area (TPSA) is 141 Å². The summed E-state index contributed by atoms with van der Waals surface area (Å²) in [6, 6.07) is 29.9. The molecule has 0 aliphatic heterocycles. The number of amides is 2. The molecule has 9 heteroatoms. The fourth-order valence-electron chi connectivity index (χ4n) is 5.54. The van der Waals surface area contributed by atoms with Crippen molar-refractivity contribution in [3.63, 3.8) is 0 Å². The molecular weight excluding hydrogens is 570 g/mol. The Morgan fingerprint density at radius 3 is 2.31 bits per heavy atom. The van der Waals surface area contributed by atoms with Crippen LogP contribution in [0.1, 0.15) is 47.2 Å². The highest BCUT2D eigenvalue weighted by molar-refractivity contribution is 6.08. The molecule has 45 heavy (non-hydrogen) atoms. The molecule has 5 aromatic rings. The maximum absolute atomic E-state index is 13.7. The molecule has 0 fully saturated rings. The lowest BCUT2D eigenvalue weighted by molar-refractivity contribution is -0.153. The van der Waals surface area contributed by atoms with Gasteiger partial charge in [0.05, 0.1) is 12.0 Å². The van der Waals surface area contributed by atoms with Crippen LogP contribution in [0.3, 0.4) is 0 Å². The van der Waals surface area contributed by atoms with E-state index >= 15 is 0 Å². The van der Waals surface area contributed by atoms with Crippen LogP contribution in [0, 0.1) is 0 Å². The Balaban J connectivity index is 1.36. The van der Waals surface area contributed by atoms with Crippen LogP contribution in [-0.2, 0) is 32.1 Å². The number of benzene rings is 4. The molecule has 4 aromatic carbocycles. The van der Waals surface area contributed by atoms with Crippen molar-refractivity contribution in [1.82, 2.24) is 9.88 Å². The Morgan fingerprint density at radius 1 is 0.844 bits per heavy atom. The minimum atomic E-state index is -1.14. The molecular formula is C36H35N3O6. The predicted octanol–water partition coefficient (Wildman–Crippen LogP) is 5.23. The summed E-state index contributed by atoms with van der Waals surface area (Å²) in [4.78, 5) is 50.4. The van der Waals surface area contributed by atoms with Crippen LogP contribution in [0.4, 0.5) is 0 Å². The van der Waals surface area contributed by atoms with Crippen molar-refractivity contribution in [2.75, 3.05) is 0 Å². The van der Waals surface area contributed by atoms with Gasteiger partial charge in [0, 0.05) is 36.5 Å². The zero-order valence-corrected chi connectivity index (χ0v) is 24.7. The van der Waals surface area contributed by atoms with E-state index in [1.54, 1.807) is 6.20 Å². The maximum atomic E-state index is 13.7. The molecule has 0 aliphatic carbocycles. The number of carbonyl (C=O) groups is 4. The Morgan fingerprint density at radius 2 is 1.56 bits per heavy atom. The third kappa shape index (κ3) is 8.14. The molecule has 2 atom stereocenters. The molecule has 0 bridgehead atoms. The molecule has 1 heterocycles. The quantitative estimate of drug-likeness (QED) is 0.148. The SMILES string of the molecule is NC(=O)C[C@H](Cc1ccc2ccccc2c1)OC(=O)[C@H](CCCC(=O)O)NC(=O)c1cn(Cc2ccccc2)c2ccccc12. The number of carbonyl (C=O) groups excluding carboxylic acids is 3. The molecule has 4 N–H and O–H groups in total. The largest absolute Gasteiger partial charge is 0.481 e. The minimum absolute atomic E-state index is 0.0405. The summed E-state index contributed by atoms with van der Waals surface area (Å²) < 4.78 is 7.77. The molecule has 230 valence electrons. The number of nitrogens with zero attached hydrogens (tertiary/aromatic N) is 1. The van der Waals surface area contributed by atoms with Gasteiger partial charge in [-0.05, 0) is 40.8 Å². The lowest BCUT2D eigenvalue weighted by atomic mass is 10.0. The highest BCUT2D eigenvalue weighted by atomic mass is 16.5. The Bertz CT molecular complexity index is 1830. The number of aromatic nitrogens is 1. The van der Waals surface area contributed by atoms with Gasteiger partial charge in [-0.2, -0.15) is 0 Å². The highest BCUT2D eigenvalue weighted by Gasteiger charge is 2.28.